The molecule has 3 nitrogen and oxygen atoms in total. The van der Waals surface area contributed by atoms with Crippen LogP contribution in [0.4, 0.5) is 0 Å². The quantitative estimate of drug-likeness (QED) is 0.864. The number of nitrogens with one attached hydrogen (secondary N) is 1. The third kappa shape index (κ3) is 4.12. The number of hydrogen-bond acceptors (Lipinski definition) is 3. The average molecular weight is 333 g/mol. The van der Waals surface area contributed by atoms with Crippen molar-refractivity contribution in [3.8, 4) is 5.75 Å². The minimum Gasteiger partial charge on any atom is -0.507 e. The van der Waals surface area contributed by atoms with Gasteiger partial charge in [-0.3, -0.25) is 4.90 Å². The Balaban J connectivity index is 2.56. The molecule has 0 saturated carbocycles. The number of phenolic OH excluding ortho intramolecular Hbond substituents is 1. The molecular weight excluding hydrogens is 296 g/mol. The van der Waals surface area contributed by atoms with E-state index in [-0.39, 0.29) is 10.8 Å². The molecule has 0 bridgehead atoms. The molecule has 1 heterocycles. The predicted octanol–water partition coefficient (Wildman–Crippen LogP) is 4.34. The third-order valence-electron chi connectivity index (χ3n) is 5.11. The average Bonchev–Trinajstić information content (AvgIpc) is 2.48. The molecule has 1 saturated heterocycles. The first-order valence-electron chi connectivity index (χ1n) is 9.38. The Kier molecular flexibility index (Phi) is 5.66. The zero-order valence-electron chi connectivity index (χ0n) is 16.7. The van der Waals surface area contributed by atoms with Crippen LogP contribution in [0.15, 0.2) is 12.1 Å². The van der Waals surface area contributed by atoms with Gasteiger partial charge in [0.2, 0.25) is 0 Å². The van der Waals surface area contributed by atoms with Gasteiger partial charge in [-0.2, -0.15) is 0 Å². The van der Waals surface area contributed by atoms with Crippen molar-refractivity contribution < 1.29 is 5.11 Å². The van der Waals surface area contributed by atoms with Crippen LogP contribution in [-0.4, -0.2) is 36.2 Å². The lowest BCUT2D eigenvalue weighted by Gasteiger charge is -2.36. The molecule has 2 N–H and O–H groups in total. The van der Waals surface area contributed by atoms with Crippen LogP contribution in [-0.2, 0) is 10.8 Å². The highest BCUT2D eigenvalue weighted by atomic mass is 16.3. The van der Waals surface area contributed by atoms with Crippen LogP contribution >= 0.6 is 0 Å². The Morgan fingerprint density at radius 3 is 1.83 bits per heavy atom. The van der Waals surface area contributed by atoms with Gasteiger partial charge in [0, 0.05) is 32.2 Å². The monoisotopic (exact) mass is 332 g/mol. The van der Waals surface area contributed by atoms with Crippen LogP contribution in [0.5, 0.6) is 5.75 Å². The van der Waals surface area contributed by atoms with Gasteiger partial charge >= 0.3 is 0 Å². The number of nitrogens with zero attached hydrogens (tertiary/aromatic N) is 1. The molecule has 2 rings (SSSR count). The van der Waals surface area contributed by atoms with Crippen molar-refractivity contribution in [3.05, 3.63) is 28.8 Å². The second-order valence-electron chi connectivity index (χ2n) is 9.17. The molecular formula is C21H36N2O. The van der Waals surface area contributed by atoms with E-state index >= 15 is 0 Å². The van der Waals surface area contributed by atoms with Crippen molar-refractivity contribution in [3.63, 3.8) is 0 Å². The van der Waals surface area contributed by atoms with Crippen molar-refractivity contribution in [1.29, 1.82) is 0 Å². The molecule has 0 unspecified atom stereocenters. The van der Waals surface area contributed by atoms with E-state index in [1.54, 1.807) is 0 Å². The van der Waals surface area contributed by atoms with Crippen LogP contribution in [0, 0.1) is 0 Å². The minimum absolute atomic E-state index is 0.0676. The van der Waals surface area contributed by atoms with Crippen LogP contribution < -0.4 is 5.32 Å². The molecule has 0 radical (unpaired) electrons. The van der Waals surface area contributed by atoms with Crippen LogP contribution in [0.2, 0.25) is 0 Å². The second-order valence-corrected chi connectivity index (χ2v) is 9.17. The molecule has 24 heavy (non-hydrogen) atoms. The summed E-state index contributed by atoms with van der Waals surface area (Å²) in [7, 11) is 0. The summed E-state index contributed by atoms with van der Waals surface area (Å²) >= 11 is 0. The standard InChI is InChI=1S/C21H36N2O/c1-8-18(23-11-9-22-10-12-23)15-13-16(20(2,3)4)19(24)17(14-15)21(5,6)7/h13-14,18,22,24H,8-12H2,1-7H3/t18-/m0/s1. The van der Waals surface area contributed by atoms with Crippen molar-refractivity contribution >= 4 is 0 Å². The highest BCUT2D eigenvalue weighted by Crippen LogP contribution is 2.42. The maximum absolute atomic E-state index is 10.9. The summed E-state index contributed by atoms with van der Waals surface area (Å²) in [5.41, 5.74) is 3.35. The van der Waals surface area contributed by atoms with E-state index in [1.807, 2.05) is 0 Å². The van der Waals surface area contributed by atoms with Crippen LogP contribution in [0.3, 0.4) is 0 Å². The van der Waals surface area contributed by atoms with E-state index in [9.17, 15) is 5.11 Å². The predicted molar refractivity (Wildman–Crippen MR) is 103 cm³/mol. The number of piperazine rings is 1. The summed E-state index contributed by atoms with van der Waals surface area (Å²) in [6.07, 6.45) is 1.10. The van der Waals surface area contributed by atoms with Crippen molar-refractivity contribution in [2.45, 2.75) is 71.8 Å². The zero-order valence-corrected chi connectivity index (χ0v) is 16.7. The molecule has 3 heteroatoms. The number of rotatable bonds is 3. The van der Waals surface area contributed by atoms with Crippen LogP contribution in [0.1, 0.15) is 77.6 Å². The largest absolute Gasteiger partial charge is 0.507 e. The summed E-state index contributed by atoms with van der Waals surface area (Å²) in [5.74, 6) is 0.480. The van der Waals surface area contributed by atoms with E-state index in [1.165, 1.54) is 5.56 Å². The maximum Gasteiger partial charge on any atom is 0.123 e. The highest BCUT2D eigenvalue weighted by molar-refractivity contribution is 5.50. The van der Waals surface area contributed by atoms with Gasteiger partial charge in [-0.05, 0) is 46.1 Å². The van der Waals surface area contributed by atoms with Crippen molar-refractivity contribution in [1.82, 2.24) is 10.2 Å². The number of phenols is 1. The molecule has 136 valence electrons. The van der Waals surface area contributed by atoms with E-state index in [4.69, 9.17) is 0 Å². The Morgan fingerprint density at radius 2 is 1.46 bits per heavy atom. The van der Waals surface area contributed by atoms with E-state index in [0.29, 0.717) is 11.8 Å². The Hall–Kier alpha value is -1.06. The van der Waals surface area contributed by atoms with E-state index < -0.39 is 0 Å². The summed E-state index contributed by atoms with van der Waals surface area (Å²) < 4.78 is 0. The fraction of sp³-hybridized carbons (Fsp3) is 0.714. The van der Waals surface area contributed by atoms with E-state index in [0.717, 1.165) is 43.7 Å². The van der Waals surface area contributed by atoms with Gasteiger partial charge in [-0.1, -0.05) is 48.5 Å². The molecule has 1 atom stereocenters. The Bertz CT molecular complexity index is 525. The normalized spacial score (nSPS) is 18.6. The SMILES string of the molecule is CC[C@@H](c1cc(C(C)(C)C)c(O)c(C(C)(C)C)c1)N1CCNCC1. The maximum atomic E-state index is 10.9. The summed E-state index contributed by atoms with van der Waals surface area (Å²) in [6, 6.07) is 4.93. The van der Waals surface area contributed by atoms with Crippen molar-refractivity contribution in [2.75, 3.05) is 26.2 Å². The second kappa shape index (κ2) is 7.05. The van der Waals surface area contributed by atoms with Crippen LogP contribution in [0.25, 0.3) is 0 Å². The van der Waals surface area contributed by atoms with Gasteiger partial charge in [0.15, 0.2) is 0 Å². The minimum atomic E-state index is -0.0676. The zero-order chi connectivity index (χ0) is 18.1. The molecule has 0 aliphatic carbocycles. The lowest BCUT2D eigenvalue weighted by Crippen LogP contribution is -2.45. The highest BCUT2D eigenvalue weighted by Gasteiger charge is 2.29. The fourth-order valence-corrected chi connectivity index (χ4v) is 3.69. The van der Waals surface area contributed by atoms with Gasteiger partial charge in [0.05, 0.1) is 0 Å². The Labute approximate surface area is 148 Å². The summed E-state index contributed by atoms with van der Waals surface area (Å²) in [6.45, 7) is 19.7. The molecule has 1 fully saturated rings. The van der Waals surface area contributed by atoms with E-state index in [2.05, 4.69) is 70.8 Å². The van der Waals surface area contributed by atoms with Gasteiger partial charge in [-0.15, -0.1) is 0 Å². The first kappa shape index (κ1) is 19.3. The lowest BCUT2D eigenvalue weighted by molar-refractivity contribution is 0.169. The van der Waals surface area contributed by atoms with Gasteiger partial charge in [-0.25, -0.2) is 0 Å². The number of aromatic hydroxyl groups is 1. The first-order valence-corrected chi connectivity index (χ1v) is 9.38. The molecule has 1 aliphatic heterocycles. The van der Waals surface area contributed by atoms with Gasteiger partial charge < -0.3 is 10.4 Å². The number of hydrogen-bond donors (Lipinski definition) is 2. The molecule has 1 aromatic rings. The molecule has 0 aromatic heterocycles. The molecule has 0 amide bonds. The smallest absolute Gasteiger partial charge is 0.123 e. The fourth-order valence-electron chi connectivity index (χ4n) is 3.69. The molecule has 1 aromatic carbocycles. The topological polar surface area (TPSA) is 35.5 Å². The summed E-state index contributed by atoms with van der Waals surface area (Å²) in [4.78, 5) is 2.59. The lowest BCUT2D eigenvalue weighted by atomic mass is 9.77. The first-order chi connectivity index (χ1) is 11.1. The third-order valence-corrected chi connectivity index (χ3v) is 5.11. The molecule has 1 aliphatic rings. The Morgan fingerprint density at radius 1 is 1.00 bits per heavy atom. The van der Waals surface area contributed by atoms with Crippen molar-refractivity contribution in [2.24, 2.45) is 0 Å². The van der Waals surface area contributed by atoms with Gasteiger partial charge in [0.1, 0.15) is 5.75 Å². The van der Waals surface area contributed by atoms with Gasteiger partial charge in [0.25, 0.3) is 0 Å². The number of benzene rings is 1. The molecule has 0 spiro atoms. The summed E-state index contributed by atoms with van der Waals surface area (Å²) in [5, 5.41) is 14.4.